The van der Waals surface area contributed by atoms with E-state index in [4.69, 9.17) is 5.11 Å². The van der Waals surface area contributed by atoms with Gasteiger partial charge in [-0.05, 0) is 25.8 Å². The minimum Gasteiger partial charge on any atom is -0.396 e. The molecule has 0 saturated heterocycles. The lowest BCUT2D eigenvalue weighted by Gasteiger charge is -2.01. The second kappa shape index (κ2) is 3.53. The molecule has 11 heavy (non-hydrogen) atoms. The molecule has 62 valence electrons. The van der Waals surface area contributed by atoms with Crippen LogP contribution in [0.15, 0.2) is 6.20 Å². The molecular weight excluding hydrogens is 140 g/mol. The molecule has 0 bridgehead atoms. The first-order chi connectivity index (χ1) is 5.25. The molecule has 0 fully saturated rings. The van der Waals surface area contributed by atoms with Crippen LogP contribution in [0.1, 0.15) is 17.7 Å². The molecule has 1 heterocycles. The van der Waals surface area contributed by atoms with Gasteiger partial charge in [-0.25, -0.2) is 0 Å². The fourth-order valence-corrected chi connectivity index (χ4v) is 0.986. The largest absolute Gasteiger partial charge is 0.396 e. The lowest BCUT2D eigenvalue weighted by atomic mass is 10.3. The van der Waals surface area contributed by atoms with Crippen LogP contribution in [0.2, 0.25) is 0 Å². The smallest absolute Gasteiger partial charge is 0.0521 e. The predicted octanol–water partition coefficient (Wildman–Crippen LogP) is 0.882. The number of aryl methyl sites for hydroxylation is 2. The van der Waals surface area contributed by atoms with Crippen molar-refractivity contribution < 1.29 is 5.11 Å². The van der Waals surface area contributed by atoms with Crippen molar-refractivity contribution in [3.05, 3.63) is 17.5 Å². The Morgan fingerprint density at radius 3 is 2.73 bits per heavy atom. The highest BCUT2D eigenvalue weighted by molar-refractivity contribution is 5.12. The zero-order chi connectivity index (χ0) is 8.27. The zero-order valence-corrected chi connectivity index (χ0v) is 7.04. The molecule has 1 N–H and O–H groups in total. The number of hydrogen-bond donors (Lipinski definition) is 1. The van der Waals surface area contributed by atoms with E-state index in [1.54, 1.807) is 0 Å². The second-order valence-corrected chi connectivity index (χ2v) is 2.71. The Morgan fingerprint density at radius 2 is 2.27 bits per heavy atom. The summed E-state index contributed by atoms with van der Waals surface area (Å²) < 4.78 is 1.92. The maximum atomic E-state index is 8.58. The van der Waals surface area contributed by atoms with Gasteiger partial charge in [0.1, 0.15) is 0 Å². The third kappa shape index (κ3) is 1.80. The standard InChI is InChI=1S/C8H14N2O/c1-7-6-9-10(8(7)2)4-3-5-11/h6,11H,3-5H2,1-2H3. The van der Waals surface area contributed by atoms with Crippen molar-refractivity contribution in [1.82, 2.24) is 9.78 Å². The molecule has 0 unspecified atom stereocenters. The van der Waals surface area contributed by atoms with Gasteiger partial charge in [-0.1, -0.05) is 0 Å². The van der Waals surface area contributed by atoms with E-state index in [0.717, 1.165) is 13.0 Å². The average molecular weight is 154 g/mol. The molecule has 0 aromatic carbocycles. The van der Waals surface area contributed by atoms with Gasteiger partial charge in [0.25, 0.3) is 0 Å². The van der Waals surface area contributed by atoms with Gasteiger partial charge >= 0.3 is 0 Å². The van der Waals surface area contributed by atoms with Gasteiger partial charge in [-0.2, -0.15) is 5.10 Å². The van der Waals surface area contributed by atoms with Crippen LogP contribution in [-0.2, 0) is 6.54 Å². The van der Waals surface area contributed by atoms with Gasteiger partial charge in [0.05, 0.1) is 6.20 Å². The molecule has 3 heteroatoms. The average Bonchev–Trinajstić information content (AvgIpc) is 2.31. The van der Waals surface area contributed by atoms with Crippen molar-refractivity contribution in [1.29, 1.82) is 0 Å². The monoisotopic (exact) mass is 154 g/mol. The SMILES string of the molecule is Cc1cnn(CCCO)c1C. The molecule has 0 spiro atoms. The summed E-state index contributed by atoms with van der Waals surface area (Å²) in [6.45, 7) is 5.13. The lowest BCUT2D eigenvalue weighted by molar-refractivity contribution is 0.276. The second-order valence-electron chi connectivity index (χ2n) is 2.71. The highest BCUT2D eigenvalue weighted by Gasteiger charge is 1.99. The van der Waals surface area contributed by atoms with Crippen LogP contribution in [0.4, 0.5) is 0 Å². The van der Waals surface area contributed by atoms with Crippen molar-refractivity contribution in [3.8, 4) is 0 Å². The first-order valence-corrected chi connectivity index (χ1v) is 3.85. The van der Waals surface area contributed by atoms with Crippen LogP contribution < -0.4 is 0 Å². The van der Waals surface area contributed by atoms with Crippen LogP contribution in [0.3, 0.4) is 0 Å². The molecule has 0 aliphatic heterocycles. The summed E-state index contributed by atoms with van der Waals surface area (Å²) in [4.78, 5) is 0. The van der Waals surface area contributed by atoms with E-state index in [1.165, 1.54) is 11.3 Å². The summed E-state index contributed by atoms with van der Waals surface area (Å²) in [6.07, 6.45) is 2.63. The van der Waals surface area contributed by atoms with Gasteiger partial charge in [-0.15, -0.1) is 0 Å². The predicted molar refractivity (Wildman–Crippen MR) is 43.4 cm³/mol. The van der Waals surface area contributed by atoms with Gasteiger partial charge in [0.2, 0.25) is 0 Å². The lowest BCUT2D eigenvalue weighted by Crippen LogP contribution is -2.03. The van der Waals surface area contributed by atoms with Crippen molar-refractivity contribution in [2.45, 2.75) is 26.8 Å². The number of hydrogen-bond acceptors (Lipinski definition) is 2. The van der Waals surface area contributed by atoms with Crippen molar-refractivity contribution in [2.75, 3.05) is 6.61 Å². The van der Waals surface area contributed by atoms with E-state index in [9.17, 15) is 0 Å². The Morgan fingerprint density at radius 1 is 1.55 bits per heavy atom. The van der Waals surface area contributed by atoms with E-state index >= 15 is 0 Å². The van der Waals surface area contributed by atoms with Crippen LogP contribution >= 0.6 is 0 Å². The Balaban J connectivity index is 2.63. The first kappa shape index (κ1) is 8.27. The van der Waals surface area contributed by atoms with Crippen LogP contribution in [0.25, 0.3) is 0 Å². The first-order valence-electron chi connectivity index (χ1n) is 3.85. The maximum absolute atomic E-state index is 8.58. The third-order valence-corrected chi connectivity index (χ3v) is 1.88. The fourth-order valence-electron chi connectivity index (χ4n) is 0.986. The van der Waals surface area contributed by atoms with Gasteiger partial charge in [0, 0.05) is 18.8 Å². The van der Waals surface area contributed by atoms with E-state index < -0.39 is 0 Å². The van der Waals surface area contributed by atoms with E-state index in [2.05, 4.69) is 5.10 Å². The summed E-state index contributed by atoms with van der Waals surface area (Å²) >= 11 is 0. The molecule has 0 amide bonds. The van der Waals surface area contributed by atoms with Crippen molar-refractivity contribution in [2.24, 2.45) is 0 Å². The van der Waals surface area contributed by atoms with E-state index in [-0.39, 0.29) is 6.61 Å². The molecule has 0 aliphatic carbocycles. The topological polar surface area (TPSA) is 38.0 Å². The molecule has 0 saturated carbocycles. The minimum atomic E-state index is 0.234. The molecular formula is C8H14N2O. The Labute approximate surface area is 66.7 Å². The highest BCUT2D eigenvalue weighted by atomic mass is 16.3. The van der Waals surface area contributed by atoms with E-state index in [1.807, 2.05) is 24.7 Å². The molecule has 0 atom stereocenters. The summed E-state index contributed by atoms with van der Waals surface area (Å²) in [7, 11) is 0. The molecule has 1 aromatic heterocycles. The number of aliphatic hydroxyl groups is 1. The Kier molecular flexibility index (Phi) is 2.65. The highest BCUT2D eigenvalue weighted by Crippen LogP contribution is 2.04. The number of aromatic nitrogens is 2. The van der Waals surface area contributed by atoms with Gasteiger partial charge in [0.15, 0.2) is 0 Å². The third-order valence-electron chi connectivity index (χ3n) is 1.88. The van der Waals surface area contributed by atoms with Crippen LogP contribution in [0, 0.1) is 13.8 Å². The van der Waals surface area contributed by atoms with Gasteiger partial charge < -0.3 is 5.11 Å². The number of aliphatic hydroxyl groups excluding tert-OH is 1. The van der Waals surface area contributed by atoms with Crippen molar-refractivity contribution in [3.63, 3.8) is 0 Å². The quantitative estimate of drug-likeness (QED) is 0.702. The van der Waals surface area contributed by atoms with E-state index in [0.29, 0.717) is 0 Å². The van der Waals surface area contributed by atoms with Crippen molar-refractivity contribution >= 4 is 0 Å². The minimum absolute atomic E-state index is 0.234. The summed E-state index contributed by atoms with van der Waals surface area (Å²) in [5.41, 5.74) is 2.40. The molecule has 3 nitrogen and oxygen atoms in total. The molecule has 0 aliphatic rings. The van der Waals surface area contributed by atoms with Gasteiger partial charge in [-0.3, -0.25) is 4.68 Å². The van der Waals surface area contributed by atoms with Crippen LogP contribution in [0.5, 0.6) is 0 Å². The maximum Gasteiger partial charge on any atom is 0.0521 e. The molecule has 1 rings (SSSR count). The summed E-state index contributed by atoms with van der Waals surface area (Å²) in [5.74, 6) is 0. The number of rotatable bonds is 3. The zero-order valence-electron chi connectivity index (χ0n) is 7.04. The fraction of sp³-hybridized carbons (Fsp3) is 0.625. The normalized spacial score (nSPS) is 10.5. The summed E-state index contributed by atoms with van der Waals surface area (Å²) in [5, 5.41) is 12.7. The molecule has 1 aromatic rings. The Bertz CT molecular complexity index is 230. The van der Waals surface area contributed by atoms with Crippen LogP contribution in [-0.4, -0.2) is 21.5 Å². The number of nitrogens with zero attached hydrogens (tertiary/aromatic N) is 2. The Hall–Kier alpha value is -0.830. The summed E-state index contributed by atoms with van der Waals surface area (Å²) in [6, 6.07) is 0. The molecule has 0 radical (unpaired) electrons.